The molecule has 4 aromatic rings. The second-order valence-corrected chi connectivity index (χ2v) is 9.36. The first-order valence-corrected chi connectivity index (χ1v) is 12.4. The van der Waals surface area contributed by atoms with E-state index in [1.807, 2.05) is 29.2 Å². The lowest BCUT2D eigenvalue weighted by Crippen LogP contribution is -2.33. The van der Waals surface area contributed by atoms with Gasteiger partial charge < -0.3 is 20.1 Å². The zero-order valence-corrected chi connectivity index (χ0v) is 19.9. The van der Waals surface area contributed by atoms with E-state index in [4.69, 9.17) is 0 Å². The highest BCUT2D eigenvalue weighted by Gasteiger charge is 2.28. The number of aromatic nitrogens is 4. The molecule has 8 nitrogen and oxygen atoms in total. The molecule has 1 unspecified atom stereocenters. The van der Waals surface area contributed by atoms with E-state index in [0.717, 1.165) is 48.6 Å². The number of carbonyl (C=O) groups is 1. The predicted molar refractivity (Wildman–Crippen MR) is 136 cm³/mol. The van der Waals surface area contributed by atoms with Crippen LogP contribution < -0.4 is 10.6 Å². The Bertz CT molecular complexity index is 1390. The van der Waals surface area contributed by atoms with Crippen LogP contribution in [0.5, 0.6) is 0 Å². The number of rotatable bonds is 7. The molecule has 2 aromatic heterocycles. The third-order valence-electron chi connectivity index (χ3n) is 7.07. The molecule has 1 atom stereocenters. The lowest BCUT2D eigenvalue weighted by molar-refractivity contribution is 0.251. The number of hydrogen-bond acceptors (Lipinski definition) is 4. The summed E-state index contributed by atoms with van der Waals surface area (Å²) in [5.41, 5.74) is 4.88. The molecule has 2 N–H and O–H groups in total. The number of nitrogens with zero attached hydrogens (tertiary/aromatic N) is 5. The van der Waals surface area contributed by atoms with Gasteiger partial charge in [0.05, 0.1) is 37.0 Å². The number of fused-ring (bicyclic) bond motifs is 3. The average Bonchev–Trinajstić information content (AvgIpc) is 3.68. The summed E-state index contributed by atoms with van der Waals surface area (Å²) in [4.78, 5) is 19.3. The minimum atomic E-state index is -0.403. The van der Waals surface area contributed by atoms with Gasteiger partial charge in [0.15, 0.2) is 0 Å². The zero-order chi connectivity index (χ0) is 24.5. The summed E-state index contributed by atoms with van der Waals surface area (Å²) in [7, 11) is 0. The maximum atomic E-state index is 14.9. The normalized spacial score (nSPS) is 16.6. The maximum absolute atomic E-state index is 14.9. The molecular formula is C27H28FN7O. The molecule has 2 aliphatic heterocycles. The summed E-state index contributed by atoms with van der Waals surface area (Å²) in [5.74, 6) is -0.403. The van der Waals surface area contributed by atoms with Crippen molar-refractivity contribution in [3.05, 3.63) is 78.8 Å². The molecule has 1 saturated heterocycles. The second-order valence-electron chi connectivity index (χ2n) is 9.36. The highest BCUT2D eigenvalue weighted by atomic mass is 19.1. The SMILES string of the molecule is O=C(NCC1c2ccccc2-c2cncn21)Nc1ccc(-c2cnn(CCN3CCCC3)c2)c(F)c1. The third kappa shape index (κ3) is 4.37. The number of urea groups is 1. The summed E-state index contributed by atoms with van der Waals surface area (Å²) in [5, 5.41) is 10.0. The van der Waals surface area contributed by atoms with Gasteiger partial charge in [-0.3, -0.25) is 4.68 Å². The Morgan fingerprint density at radius 1 is 1.06 bits per heavy atom. The topological polar surface area (TPSA) is 80.0 Å². The summed E-state index contributed by atoms with van der Waals surface area (Å²) in [6, 6.07) is 12.4. The quantitative estimate of drug-likeness (QED) is 0.407. The number of nitrogens with one attached hydrogen (secondary N) is 2. The van der Waals surface area contributed by atoms with Crippen molar-refractivity contribution >= 4 is 11.7 Å². The number of carbonyl (C=O) groups excluding carboxylic acids is 1. The molecule has 4 heterocycles. The lowest BCUT2D eigenvalue weighted by Gasteiger charge is -2.16. The van der Waals surface area contributed by atoms with Crippen LogP contribution in [0.3, 0.4) is 0 Å². The van der Waals surface area contributed by atoms with E-state index in [1.54, 1.807) is 24.7 Å². The Kier molecular flexibility index (Phi) is 5.98. The molecule has 0 aliphatic carbocycles. The summed E-state index contributed by atoms with van der Waals surface area (Å²) in [6.45, 7) is 4.42. The lowest BCUT2D eigenvalue weighted by atomic mass is 10.0. The first-order valence-electron chi connectivity index (χ1n) is 12.4. The summed E-state index contributed by atoms with van der Waals surface area (Å²) in [6.07, 6.45) is 9.69. The first kappa shape index (κ1) is 22.5. The van der Waals surface area contributed by atoms with Crippen LogP contribution in [-0.2, 0) is 6.54 Å². The van der Waals surface area contributed by atoms with Gasteiger partial charge in [0.1, 0.15) is 5.82 Å². The summed E-state index contributed by atoms with van der Waals surface area (Å²) >= 11 is 0. The molecule has 2 aromatic carbocycles. The van der Waals surface area contributed by atoms with Crippen molar-refractivity contribution in [3.8, 4) is 22.4 Å². The molecule has 1 fully saturated rings. The van der Waals surface area contributed by atoms with Crippen molar-refractivity contribution in [2.75, 3.05) is 31.5 Å². The van der Waals surface area contributed by atoms with Crippen LogP contribution in [0, 0.1) is 5.82 Å². The summed E-state index contributed by atoms with van der Waals surface area (Å²) < 4.78 is 18.8. The fourth-order valence-corrected chi connectivity index (χ4v) is 5.21. The number of hydrogen-bond donors (Lipinski definition) is 2. The minimum Gasteiger partial charge on any atom is -0.335 e. The van der Waals surface area contributed by atoms with Crippen molar-refractivity contribution in [3.63, 3.8) is 0 Å². The maximum Gasteiger partial charge on any atom is 0.319 e. The molecule has 6 rings (SSSR count). The van der Waals surface area contributed by atoms with Gasteiger partial charge >= 0.3 is 6.03 Å². The molecule has 36 heavy (non-hydrogen) atoms. The average molecular weight is 486 g/mol. The predicted octanol–water partition coefficient (Wildman–Crippen LogP) is 4.37. The Labute approximate surface area is 208 Å². The largest absolute Gasteiger partial charge is 0.335 e. The fourth-order valence-electron chi connectivity index (χ4n) is 5.21. The number of imidazole rings is 1. The van der Waals surface area contributed by atoms with Crippen LogP contribution >= 0.6 is 0 Å². The number of benzene rings is 2. The van der Waals surface area contributed by atoms with Crippen LogP contribution in [0.4, 0.5) is 14.9 Å². The van der Waals surface area contributed by atoms with Gasteiger partial charge in [-0.1, -0.05) is 24.3 Å². The smallest absolute Gasteiger partial charge is 0.319 e. The van der Waals surface area contributed by atoms with E-state index >= 15 is 0 Å². The van der Waals surface area contributed by atoms with Crippen molar-refractivity contribution in [1.29, 1.82) is 0 Å². The van der Waals surface area contributed by atoms with Gasteiger partial charge in [-0.2, -0.15) is 5.10 Å². The van der Waals surface area contributed by atoms with Crippen LogP contribution in [0.25, 0.3) is 22.4 Å². The van der Waals surface area contributed by atoms with E-state index in [-0.39, 0.29) is 12.1 Å². The highest BCUT2D eigenvalue weighted by molar-refractivity contribution is 5.89. The third-order valence-corrected chi connectivity index (χ3v) is 7.07. The molecule has 2 aliphatic rings. The van der Waals surface area contributed by atoms with E-state index in [2.05, 4.69) is 42.3 Å². The van der Waals surface area contributed by atoms with Crippen molar-refractivity contribution in [1.82, 2.24) is 29.5 Å². The van der Waals surface area contributed by atoms with Gasteiger partial charge in [-0.15, -0.1) is 0 Å². The van der Waals surface area contributed by atoms with Crippen molar-refractivity contribution < 1.29 is 9.18 Å². The van der Waals surface area contributed by atoms with Crippen LogP contribution in [0.2, 0.25) is 0 Å². The molecule has 9 heteroatoms. The Morgan fingerprint density at radius 2 is 1.92 bits per heavy atom. The zero-order valence-electron chi connectivity index (χ0n) is 19.9. The molecule has 184 valence electrons. The van der Waals surface area contributed by atoms with Crippen molar-refractivity contribution in [2.45, 2.75) is 25.4 Å². The van der Waals surface area contributed by atoms with Crippen LogP contribution in [-0.4, -0.2) is 56.4 Å². The van der Waals surface area contributed by atoms with Crippen molar-refractivity contribution in [2.24, 2.45) is 0 Å². The van der Waals surface area contributed by atoms with Gasteiger partial charge in [-0.05, 0) is 49.7 Å². The molecule has 0 spiro atoms. The standard InChI is InChI=1S/C27H28FN7O/c28-24-13-20(7-8-21(24)19-14-31-34(17-19)12-11-33-9-3-4-10-33)32-27(36)30-16-26-23-6-2-1-5-22(23)25-15-29-18-35(25)26/h1-2,5-8,13-15,17-18,26H,3-4,9-12,16H2,(H2,30,32,36). The molecule has 0 bridgehead atoms. The van der Waals surface area contributed by atoms with E-state index < -0.39 is 5.82 Å². The number of halogens is 1. The fraction of sp³-hybridized carbons (Fsp3) is 0.296. The molecular weight excluding hydrogens is 457 g/mol. The number of amides is 2. The first-order chi connectivity index (χ1) is 17.7. The molecule has 2 amide bonds. The van der Waals surface area contributed by atoms with Gasteiger partial charge in [0.2, 0.25) is 0 Å². The van der Waals surface area contributed by atoms with E-state index in [0.29, 0.717) is 17.8 Å². The Morgan fingerprint density at radius 3 is 2.78 bits per heavy atom. The Hall–Kier alpha value is -3.98. The Balaban J connectivity index is 1.07. The van der Waals surface area contributed by atoms with Crippen LogP contribution in [0.1, 0.15) is 24.4 Å². The van der Waals surface area contributed by atoms with E-state index in [1.165, 1.54) is 18.9 Å². The minimum absolute atomic E-state index is 0.0365. The van der Waals surface area contributed by atoms with Gasteiger partial charge in [0.25, 0.3) is 0 Å². The molecule has 0 saturated carbocycles. The highest BCUT2D eigenvalue weighted by Crippen LogP contribution is 2.38. The van der Waals surface area contributed by atoms with E-state index in [9.17, 15) is 9.18 Å². The van der Waals surface area contributed by atoms with Gasteiger partial charge in [0, 0.05) is 41.7 Å². The number of anilines is 1. The van der Waals surface area contributed by atoms with Crippen LogP contribution in [0.15, 0.2) is 67.4 Å². The number of likely N-dealkylation sites (tertiary alicyclic amines) is 1. The second kappa shape index (κ2) is 9.58. The molecule has 0 radical (unpaired) electrons. The monoisotopic (exact) mass is 485 g/mol. The van der Waals surface area contributed by atoms with Gasteiger partial charge in [-0.25, -0.2) is 14.2 Å².